The van der Waals surface area contributed by atoms with Crippen LogP contribution in [0, 0.1) is 23.2 Å². The maximum absolute atomic E-state index is 11.8. The number of allylic oxidation sites excluding steroid dienone is 1. The second-order valence-electron chi connectivity index (χ2n) is 6.07. The third kappa shape index (κ3) is 1.72. The molecule has 0 amide bonds. The average molecular weight is 250 g/mol. The standard InChI is InChI=1S/C15H22O3/c1-6-15(5)7-10(16)11-9(4)14(17)18-13(11)12(15)8(2)3/h6,9-13,16H,1-2,7H2,3-5H3. The predicted molar refractivity (Wildman–Crippen MR) is 69.8 cm³/mol. The van der Waals surface area contributed by atoms with Gasteiger partial charge in [-0.3, -0.25) is 4.79 Å². The lowest BCUT2D eigenvalue weighted by molar-refractivity contribution is -0.147. The molecule has 1 saturated heterocycles. The second-order valence-corrected chi connectivity index (χ2v) is 6.07. The molecule has 6 unspecified atom stereocenters. The summed E-state index contributed by atoms with van der Waals surface area (Å²) in [7, 11) is 0. The van der Waals surface area contributed by atoms with Crippen LogP contribution < -0.4 is 0 Å². The van der Waals surface area contributed by atoms with Gasteiger partial charge >= 0.3 is 5.97 Å². The van der Waals surface area contributed by atoms with E-state index >= 15 is 0 Å². The van der Waals surface area contributed by atoms with Gasteiger partial charge in [-0.25, -0.2) is 0 Å². The summed E-state index contributed by atoms with van der Waals surface area (Å²) in [5.74, 6) is -0.519. The predicted octanol–water partition coefficient (Wildman–Crippen LogP) is 2.31. The van der Waals surface area contributed by atoms with Crippen LogP contribution >= 0.6 is 0 Å². The van der Waals surface area contributed by atoms with Crippen LogP contribution in [0.1, 0.15) is 27.2 Å². The normalized spacial score (nSPS) is 47.3. The van der Waals surface area contributed by atoms with Crippen molar-refractivity contribution in [1.82, 2.24) is 0 Å². The van der Waals surface area contributed by atoms with Gasteiger partial charge in [-0.05, 0) is 18.8 Å². The molecular weight excluding hydrogens is 228 g/mol. The molecule has 3 heteroatoms. The third-order valence-corrected chi connectivity index (χ3v) is 4.71. The van der Waals surface area contributed by atoms with Crippen LogP contribution in [0.4, 0.5) is 0 Å². The van der Waals surface area contributed by atoms with E-state index in [0.29, 0.717) is 6.42 Å². The Morgan fingerprint density at radius 3 is 2.72 bits per heavy atom. The highest BCUT2D eigenvalue weighted by Gasteiger charge is 2.57. The zero-order valence-electron chi connectivity index (χ0n) is 11.3. The molecule has 0 bridgehead atoms. The molecular formula is C15H22O3. The van der Waals surface area contributed by atoms with E-state index in [1.165, 1.54) is 0 Å². The molecule has 100 valence electrons. The van der Waals surface area contributed by atoms with E-state index in [9.17, 15) is 9.90 Å². The third-order valence-electron chi connectivity index (χ3n) is 4.71. The summed E-state index contributed by atoms with van der Waals surface area (Å²) in [6.07, 6.45) is 1.69. The van der Waals surface area contributed by atoms with Gasteiger partial charge in [-0.15, -0.1) is 6.58 Å². The van der Waals surface area contributed by atoms with Gasteiger partial charge in [-0.1, -0.05) is 32.1 Å². The molecule has 0 spiro atoms. The number of carbonyl (C=O) groups excluding carboxylic acids is 1. The van der Waals surface area contributed by atoms with Crippen molar-refractivity contribution in [2.75, 3.05) is 0 Å². The Kier molecular flexibility index (Phi) is 3.14. The highest BCUT2D eigenvalue weighted by atomic mass is 16.6. The molecule has 3 nitrogen and oxygen atoms in total. The van der Waals surface area contributed by atoms with Gasteiger partial charge in [0.1, 0.15) is 6.10 Å². The quantitative estimate of drug-likeness (QED) is 0.604. The summed E-state index contributed by atoms with van der Waals surface area (Å²) in [5.41, 5.74) is 0.720. The van der Waals surface area contributed by atoms with Crippen molar-refractivity contribution < 1.29 is 14.6 Å². The zero-order valence-corrected chi connectivity index (χ0v) is 11.3. The summed E-state index contributed by atoms with van der Waals surface area (Å²) in [4.78, 5) is 11.8. The maximum atomic E-state index is 11.8. The van der Waals surface area contributed by atoms with Crippen LogP contribution in [0.5, 0.6) is 0 Å². The first-order chi connectivity index (χ1) is 8.31. The Balaban J connectivity index is 2.44. The molecule has 2 aliphatic rings. The Bertz CT molecular complexity index is 401. The van der Waals surface area contributed by atoms with Gasteiger partial charge in [-0.2, -0.15) is 0 Å². The van der Waals surface area contributed by atoms with Gasteiger partial charge in [0.05, 0.1) is 12.0 Å². The number of carbonyl (C=O) groups is 1. The van der Waals surface area contributed by atoms with Crippen LogP contribution in [-0.4, -0.2) is 23.3 Å². The van der Waals surface area contributed by atoms with E-state index in [2.05, 4.69) is 20.1 Å². The topological polar surface area (TPSA) is 46.5 Å². The minimum atomic E-state index is -0.518. The van der Waals surface area contributed by atoms with Crippen LogP contribution in [0.2, 0.25) is 0 Å². The van der Waals surface area contributed by atoms with Crippen LogP contribution in [0.25, 0.3) is 0 Å². The van der Waals surface area contributed by atoms with Crippen LogP contribution in [-0.2, 0) is 9.53 Å². The first kappa shape index (κ1) is 13.3. The highest BCUT2D eigenvalue weighted by molar-refractivity contribution is 5.75. The van der Waals surface area contributed by atoms with E-state index < -0.39 is 6.10 Å². The molecule has 0 aromatic heterocycles. The van der Waals surface area contributed by atoms with Crippen LogP contribution in [0.15, 0.2) is 24.8 Å². The molecule has 2 rings (SSSR count). The van der Waals surface area contributed by atoms with Gasteiger partial charge in [0.25, 0.3) is 0 Å². The minimum Gasteiger partial charge on any atom is -0.461 e. The van der Waals surface area contributed by atoms with Gasteiger partial charge < -0.3 is 9.84 Å². The van der Waals surface area contributed by atoms with Crippen molar-refractivity contribution in [2.24, 2.45) is 23.2 Å². The molecule has 1 aliphatic heterocycles. The van der Waals surface area contributed by atoms with Gasteiger partial charge in [0, 0.05) is 11.8 Å². The maximum Gasteiger partial charge on any atom is 0.309 e. The molecule has 2 fully saturated rings. The SMILES string of the molecule is C=CC1(C)CC(O)C2C(C)C(=O)OC2C1C(=C)C. The van der Waals surface area contributed by atoms with E-state index in [1.807, 2.05) is 19.9 Å². The lowest BCUT2D eigenvalue weighted by Gasteiger charge is -2.47. The largest absolute Gasteiger partial charge is 0.461 e. The van der Waals surface area contributed by atoms with E-state index in [1.54, 1.807) is 0 Å². The average Bonchev–Trinajstić information content (AvgIpc) is 2.54. The number of rotatable bonds is 2. The fourth-order valence-corrected chi connectivity index (χ4v) is 3.75. The highest BCUT2D eigenvalue weighted by Crippen LogP contribution is 2.52. The molecule has 6 atom stereocenters. The molecule has 1 saturated carbocycles. The Morgan fingerprint density at radius 2 is 2.22 bits per heavy atom. The summed E-state index contributed by atoms with van der Waals surface area (Å²) in [6.45, 7) is 13.8. The first-order valence-electron chi connectivity index (χ1n) is 6.49. The molecule has 1 aliphatic carbocycles. The molecule has 0 aromatic rings. The van der Waals surface area contributed by atoms with Crippen LogP contribution in [0.3, 0.4) is 0 Å². The van der Waals surface area contributed by atoms with Crippen molar-refractivity contribution in [3.63, 3.8) is 0 Å². The van der Waals surface area contributed by atoms with Crippen molar-refractivity contribution in [3.05, 3.63) is 24.8 Å². The summed E-state index contributed by atoms with van der Waals surface area (Å²) in [5, 5.41) is 10.3. The Labute approximate surface area is 109 Å². The van der Waals surface area contributed by atoms with E-state index in [-0.39, 0.29) is 35.2 Å². The Morgan fingerprint density at radius 1 is 1.61 bits per heavy atom. The van der Waals surface area contributed by atoms with Crippen molar-refractivity contribution >= 4 is 5.97 Å². The number of hydrogen-bond acceptors (Lipinski definition) is 3. The first-order valence-corrected chi connectivity index (χ1v) is 6.49. The summed E-state index contributed by atoms with van der Waals surface area (Å²) >= 11 is 0. The second kappa shape index (κ2) is 4.23. The van der Waals surface area contributed by atoms with Crippen molar-refractivity contribution in [3.8, 4) is 0 Å². The van der Waals surface area contributed by atoms with Crippen molar-refractivity contribution in [2.45, 2.75) is 39.4 Å². The number of hydrogen-bond donors (Lipinski definition) is 1. The number of esters is 1. The smallest absolute Gasteiger partial charge is 0.309 e. The number of aliphatic hydroxyl groups excluding tert-OH is 1. The lowest BCUT2D eigenvalue weighted by atomic mass is 9.58. The lowest BCUT2D eigenvalue weighted by Crippen LogP contribution is -2.50. The Hall–Kier alpha value is -1.09. The van der Waals surface area contributed by atoms with Gasteiger partial charge in [0.2, 0.25) is 0 Å². The molecule has 0 aromatic carbocycles. The van der Waals surface area contributed by atoms with Crippen molar-refractivity contribution in [1.29, 1.82) is 0 Å². The summed E-state index contributed by atoms with van der Waals surface area (Å²) in [6, 6.07) is 0. The molecule has 18 heavy (non-hydrogen) atoms. The molecule has 0 radical (unpaired) electrons. The fraction of sp³-hybridized carbons (Fsp3) is 0.667. The fourth-order valence-electron chi connectivity index (χ4n) is 3.75. The number of ether oxygens (including phenoxy) is 1. The monoisotopic (exact) mass is 250 g/mol. The minimum absolute atomic E-state index is 0.0392. The van der Waals surface area contributed by atoms with E-state index in [4.69, 9.17) is 4.74 Å². The summed E-state index contributed by atoms with van der Waals surface area (Å²) < 4.78 is 5.51. The molecule has 1 heterocycles. The zero-order chi connectivity index (χ0) is 13.7. The van der Waals surface area contributed by atoms with E-state index in [0.717, 1.165) is 5.57 Å². The number of aliphatic hydroxyl groups is 1. The van der Waals surface area contributed by atoms with Gasteiger partial charge in [0.15, 0.2) is 0 Å². The number of fused-ring (bicyclic) bond motifs is 1. The molecule has 1 N–H and O–H groups in total.